The quantitative estimate of drug-likeness (QED) is 0.548. The summed E-state index contributed by atoms with van der Waals surface area (Å²) < 4.78 is 36.3. The molecule has 0 aliphatic heterocycles. The van der Waals surface area contributed by atoms with Gasteiger partial charge in [0.2, 0.25) is 5.91 Å². The minimum Gasteiger partial charge on any atom is -0.490 e. The molecule has 0 atom stereocenters. The van der Waals surface area contributed by atoms with E-state index in [9.17, 15) is 13.6 Å². The van der Waals surface area contributed by atoms with E-state index in [1.54, 1.807) is 48.9 Å². The Hall–Kier alpha value is -3.68. The van der Waals surface area contributed by atoms with Crippen molar-refractivity contribution in [1.82, 2.24) is 9.55 Å². The number of nitrogens with zero attached hydrogens (tertiary/aromatic N) is 2. The van der Waals surface area contributed by atoms with Crippen LogP contribution in [0.15, 0.2) is 73.3 Å². The number of carbonyl (C=O) groups excluding carboxylic acids is 1. The molecule has 2 aromatic carbocycles. The van der Waals surface area contributed by atoms with Gasteiger partial charge in [0.1, 0.15) is 18.1 Å². The average molecular weight is 399 g/mol. The summed E-state index contributed by atoms with van der Waals surface area (Å²) in [4.78, 5) is 16.2. The molecule has 0 radical (unpaired) electrons. The molecule has 29 heavy (non-hydrogen) atoms. The van der Waals surface area contributed by atoms with E-state index in [1.165, 1.54) is 18.2 Å². The summed E-state index contributed by atoms with van der Waals surface area (Å²) in [5.41, 5.74) is 1.22. The number of ether oxygens (including phenoxy) is 2. The molecule has 3 rings (SSSR count). The number of alkyl halides is 2. The number of anilines is 1. The fourth-order valence-corrected chi connectivity index (χ4v) is 2.48. The third-order valence-electron chi connectivity index (χ3n) is 3.84. The number of rotatable bonds is 9. The maximum atomic E-state index is 12.2. The molecule has 150 valence electrons. The molecular formula is C21H19F2N3O3. The van der Waals surface area contributed by atoms with Gasteiger partial charge in [0.05, 0.1) is 18.6 Å². The van der Waals surface area contributed by atoms with Crippen molar-refractivity contribution in [3.05, 3.63) is 78.9 Å². The zero-order valence-electron chi connectivity index (χ0n) is 15.4. The number of hydrogen-bond donors (Lipinski definition) is 1. The van der Waals surface area contributed by atoms with Gasteiger partial charge in [0.25, 0.3) is 0 Å². The monoisotopic (exact) mass is 399 g/mol. The average Bonchev–Trinajstić information content (AvgIpc) is 3.22. The number of halogens is 2. The summed E-state index contributed by atoms with van der Waals surface area (Å²) in [7, 11) is 0. The standard InChI is InChI=1S/C21H19F2N3O3/c22-21(23)29-17-8-5-16(6-9-17)7-10-20(27)25-18-3-1-2-4-19(18)28-14-13-26-12-11-24-15-26/h1-12,15,21H,13-14H2,(H,25,27)/b10-7+. The largest absolute Gasteiger partial charge is 0.490 e. The molecule has 0 fully saturated rings. The first-order chi connectivity index (χ1) is 14.1. The number of imidazole rings is 1. The van der Waals surface area contributed by atoms with Crippen LogP contribution in [-0.2, 0) is 11.3 Å². The Labute approximate surface area is 166 Å². The Morgan fingerprint density at radius 3 is 2.69 bits per heavy atom. The van der Waals surface area contributed by atoms with Crippen molar-refractivity contribution >= 4 is 17.7 Å². The molecule has 1 heterocycles. The fourth-order valence-electron chi connectivity index (χ4n) is 2.48. The van der Waals surface area contributed by atoms with Gasteiger partial charge in [-0.1, -0.05) is 24.3 Å². The number of aromatic nitrogens is 2. The second-order valence-electron chi connectivity index (χ2n) is 5.92. The Balaban J connectivity index is 1.55. The van der Waals surface area contributed by atoms with Crippen LogP contribution in [0.25, 0.3) is 6.08 Å². The first kappa shape index (κ1) is 20.1. The van der Waals surface area contributed by atoms with E-state index < -0.39 is 6.61 Å². The fraction of sp³-hybridized carbons (Fsp3) is 0.143. The predicted octanol–water partition coefficient (Wildman–Crippen LogP) is 4.22. The number of hydrogen-bond acceptors (Lipinski definition) is 4. The van der Waals surface area contributed by atoms with Crippen LogP contribution < -0.4 is 14.8 Å². The van der Waals surface area contributed by atoms with E-state index in [0.717, 1.165) is 0 Å². The van der Waals surface area contributed by atoms with Crippen molar-refractivity contribution in [2.75, 3.05) is 11.9 Å². The summed E-state index contributed by atoms with van der Waals surface area (Å²) in [6.45, 7) is -1.82. The molecule has 6 nitrogen and oxygen atoms in total. The molecule has 0 bridgehead atoms. The smallest absolute Gasteiger partial charge is 0.387 e. The van der Waals surface area contributed by atoms with Gasteiger partial charge in [-0.2, -0.15) is 8.78 Å². The molecule has 1 amide bonds. The van der Waals surface area contributed by atoms with Crippen LogP contribution in [0.2, 0.25) is 0 Å². The summed E-state index contributed by atoms with van der Waals surface area (Å²) in [5.74, 6) is 0.273. The lowest BCUT2D eigenvalue weighted by atomic mass is 10.2. The highest BCUT2D eigenvalue weighted by atomic mass is 19.3. The number of para-hydroxylation sites is 2. The summed E-state index contributed by atoms with van der Waals surface area (Å²) in [5, 5.41) is 2.77. The van der Waals surface area contributed by atoms with E-state index >= 15 is 0 Å². The van der Waals surface area contributed by atoms with Gasteiger partial charge < -0.3 is 19.4 Å². The van der Waals surface area contributed by atoms with E-state index in [0.29, 0.717) is 30.2 Å². The molecule has 8 heteroatoms. The minimum atomic E-state index is -2.87. The van der Waals surface area contributed by atoms with Crippen LogP contribution in [0.3, 0.4) is 0 Å². The first-order valence-electron chi connectivity index (χ1n) is 8.81. The Kier molecular flexibility index (Phi) is 6.94. The van der Waals surface area contributed by atoms with Gasteiger partial charge in [0.15, 0.2) is 0 Å². The first-order valence-corrected chi connectivity index (χ1v) is 8.81. The van der Waals surface area contributed by atoms with Crippen LogP contribution >= 0.6 is 0 Å². The van der Waals surface area contributed by atoms with Gasteiger partial charge in [0, 0.05) is 18.5 Å². The van der Waals surface area contributed by atoms with Gasteiger partial charge in [-0.15, -0.1) is 0 Å². The lowest BCUT2D eigenvalue weighted by molar-refractivity contribution is -0.111. The lowest BCUT2D eigenvalue weighted by Crippen LogP contribution is -2.11. The Bertz CT molecular complexity index is 942. The third kappa shape index (κ3) is 6.46. The highest BCUT2D eigenvalue weighted by molar-refractivity contribution is 6.02. The van der Waals surface area contributed by atoms with E-state index in [1.807, 2.05) is 16.8 Å². The number of amides is 1. The van der Waals surface area contributed by atoms with Crippen molar-refractivity contribution in [3.8, 4) is 11.5 Å². The second kappa shape index (κ2) is 10.0. The Morgan fingerprint density at radius 2 is 1.97 bits per heavy atom. The van der Waals surface area contributed by atoms with Gasteiger partial charge in [-0.05, 0) is 35.9 Å². The number of carbonyl (C=O) groups is 1. The van der Waals surface area contributed by atoms with Crippen LogP contribution in [0.5, 0.6) is 11.5 Å². The summed E-state index contributed by atoms with van der Waals surface area (Å²) in [6.07, 6.45) is 8.16. The van der Waals surface area contributed by atoms with E-state index in [2.05, 4.69) is 15.0 Å². The van der Waals surface area contributed by atoms with E-state index in [4.69, 9.17) is 4.74 Å². The third-order valence-corrected chi connectivity index (χ3v) is 3.84. The van der Waals surface area contributed by atoms with E-state index in [-0.39, 0.29) is 11.7 Å². The molecule has 1 aromatic heterocycles. The van der Waals surface area contributed by atoms with Gasteiger partial charge in [-0.3, -0.25) is 4.79 Å². The topological polar surface area (TPSA) is 65.4 Å². The minimum absolute atomic E-state index is 0.0587. The zero-order chi connectivity index (χ0) is 20.5. The molecule has 0 spiro atoms. The highest BCUT2D eigenvalue weighted by Gasteiger charge is 2.06. The zero-order valence-corrected chi connectivity index (χ0v) is 15.4. The molecule has 0 aliphatic rings. The molecule has 1 N–H and O–H groups in total. The number of benzene rings is 2. The predicted molar refractivity (Wildman–Crippen MR) is 105 cm³/mol. The molecule has 0 aliphatic carbocycles. The second-order valence-corrected chi connectivity index (χ2v) is 5.92. The van der Waals surface area contributed by atoms with Gasteiger partial charge >= 0.3 is 6.61 Å². The van der Waals surface area contributed by atoms with Gasteiger partial charge in [-0.25, -0.2) is 4.98 Å². The van der Waals surface area contributed by atoms with Crippen molar-refractivity contribution in [2.24, 2.45) is 0 Å². The van der Waals surface area contributed by atoms with Crippen LogP contribution in [-0.4, -0.2) is 28.7 Å². The summed E-state index contributed by atoms with van der Waals surface area (Å²) in [6, 6.07) is 13.1. The van der Waals surface area contributed by atoms with Crippen molar-refractivity contribution in [1.29, 1.82) is 0 Å². The molecule has 0 saturated heterocycles. The van der Waals surface area contributed by atoms with Crippen molar-refractivity contribution < 1.29 is 23.0 Å². The molecule has 0 saturated carbocycles. The van der Waals surface area contributed by atoms with Crippen LogP contribution in [0, 0.1) is 0 Å². The maximum Gasteiger partial charge on any atom is 0.387 e. The maximum absolute atomic E-state index is 12.2. The molecule has 0 unspecified atom stereocenters. The molecular weight excluding hydrogens is 380 g/mol. The number of nitrogens with one attached hydrogen (secondary N) is 1. The Morgan fingerprint density at radius 1 is 1.17 bits per heavy atom. The van der Waals surface area contributed by atoms with Crippen LogP contribution in [0.1, 0.15) is 5.56 Å². The lowest BCUT2D eigenvalue weighted by Gasteiger charge is -2.12. The normalized spacial score (nSPS) is 11.0. The van der Waals surface area contributed by atoms with Crippen molar-refractivity contribution in [3.63, 3.8) is 0 Å². The summed E-state index contributed by atoms with van der Waals surface area (Å²) >= 11 is 0. The molecule has 3 aromatic rings. The van der Waals surface area contributed by atoms with Crippen LogP contribution in [0.4, 0.5) is 14.5 Å². The van der Waals surface area contributed by atoms with Crippen molar-refractivity contribution in [2.45, 2.75) is 13.2 Å². The highest BCUT2D eigenvalue weighted by Crippen LogP contribution is 2.24. The SMILES string of the molecule is O=C(/C=C/c1ccc(OC(F)F)cc1)Nc1ccccc1OCCn1ccnc1.